The monoisotopic (exact) mass is 356 g/mol. The van der Waals surface area contributed by atoms with Crippen molar-refractivity contribution in [2.45, 2.75) is 52.2 Å². The van der Waals surface area contributed by atoms with E-state index < -0.39 is 17.1 Å². The zero-order valence-electron chi connectivity index (χ0n) is 15.9. The van der Waals surface area contributed by atoms with E-state index in [1.807, 2.05) is 30.3 Å². The molecule has 1 aromatic carbocycles. The van der Waals surface area contributed by atoms with Gasteiger partial charge in [-0.1, -0.05) is 51.1 Å². The number of carbonyl (C=O) groups is 2. The molecule has 1 saturated heterocycles. The van der Waals surface area contributed by atoms with Crippen LogP contribution in [0.5, 0.6) is 0 Å². The van der Waals surface area contributed by atoms with Crippen molar-refractivity contribution in [2.24, 2.45) is 22.7 Å². The largest absolute Gasteiger partial charge is 0.347 e. The lowest BCUT2D eigenvalue weighted by atomic mass is 9.47. The lowest BCUT2D eigenvalue weighted by Gasteiger charge is -2.59. The van der Waals surface area contributed by atoms with Gasteiger partial charge in [0, 0.05) is 22.8 Å². The van der Waals surface area contributed by atoms with Crippen LogP contribution in [0.1, 0.15) is 56.8 Å². The van der Waals surface area contributed by atoms with Crippen molar-refractivity contribution in [2.75, 3.05) is 13.2 Å². The van der Waals surface area contributed by atoms with Crippen LogP contribution >= 0.6 is 0 Å². The Kier molecular flexibility index (Phi) is 4.12. The molecule has 0 radical (unpaired) electrons. The van der Waals surface area contributed by atoms with E-state index in [2.05, 4.69) is 20.8 Å². The molecular formula is C22H28O4. The molecule has 4 rings (SSSR count). The number of hydrogen-bond acceptors (Lipinski definition) is 4. The highest BCUT2D eigenvalue weighted by Gasteiger charge is 2.65. The average Bonchev–Trinajstić information content (AvgIpc) is 3.12. The lowest BCUT2D eigenvalue weighted by molar-refractivity contribution is -0.283. The maximum Gasteiger partial charge on any atom is 0.173 e. The second-order valence-electron chi connectivity index (χ2n) is 8.87. The number of ether oxygens (including phenoxy) is 2. The summed E-state index contributed by atoms with van der Waals surface area (Å²) in [6, 6.07) is 9.22. The van der Waals surface area contributed by atoms with Crippen LogP contribution in [-0.2, 0) is 14.3 Å². The Morgan fingerprint density at radius 3 is 2.31 bits per heavy atom. The van der Waals surface area contributed by atoms with Crippen molar-refractivity contribution in [1.82, 2.24) is 0 Å². The van der Waals surface area contributed by atoms with Gasteiger partial charge >= 0.3 is 0 Å². The SMILES string of the molecule is CC1(C)[C@@H]2CCC(C(=O)c3ccccc3)C(=O)[C@@]2(C)CCC12OCCO2. The molecule has 140 valence electrons. The molecule has 1 aliphatic heterocycles. The van der Waals surface area contributed by atoms with Crippen LogP contribution in [0.2, 0.25) is 0 Å². The lowest BCUT2D eigenvalue weighted by Crippen LogP contribution is -2.63. The summed E-state index contributed by atoms with van der Waals surface area (Å²) in [7, 11) is 0. The summed E-state index contributed by atoms with van der Waals surface area (Å²) in [5.41, 5.74) is -0.105. The molecule has 2 saturated carbocycles. The van der Waals surface area contributed by atoms with Crippen LogP contribution in [-0.4, -0.2) is 30.6 Å². The molecule has 0 N–H and O–H groups in total. The van der Waals surface area contributed by atoms with Crippen LogP contribution in [0.25, 0.3) is 0 Å². The fourth-order valence-electron chi connectivity index (χ4n) is 5.84. The van der Waals surface area contributed by atoms with Gasteiger partial charge in [0.25, 0.3) is 0 Å². The molecule has 4 nitrogen and oxygen atoms in total. The Morgan fingerprint density at radius 2 is 1.65 bits per heavy atom. The molecular weight excluding hydrogens is 328 g/mol. The van der Waals surface area contributed by atoms with E-state index in [0.29, 0.717) is 31.6 Å². The Labute approximate surface area is 155 Å². The molecule has 1 unspecified atom stereocenters. The van der Waals surface area contributed by atoms with E-state index >= 15 is 0 Å². The third kappa shape index (κ3) is 2.35. The predicted molar refractivity (Wildman–Crippen MR) is 97.8 cm³/mol. The maximum absolute atomic E-state index is 13.5. The zero-order valence-corrected chi connectivity index (χ0v) is 15.9. The highest BCUT2D eigenvalue weighted by Crippen LogP contribution is 2.62. The van der Waals surface area contributed by atoms with Crippen LogP contribution in [0.4, 0.5) is 0 Å². The van der Waals surface area contributed by atoms with Crippen molar-refractivity contribution >= 4 is 11.6 Å². The first-order valence-corrected chi connectivity index (χ1v) is 9.73. The summed E-state index contributed by atoms with van der Waals surface area (Å²) < 4.78 is 12.1. The van der Waals surface area contributed by atoms with E-state index in [1.165, 1.54) is 0 Å². The molecule has 0 amide bonds. The molecule has 3 fully saturated rings. The van der Waals surface area contributed by atoms with Crippen molar-refractivity contribution < 1.29 is 19.1 Å². The Hall–Kier alpha value is -1.52. The minimum absolute atomic E-state index is 0.0262. The summed E-state index contributed by atoms with van der Waals surface area (Å²) in [6.45, 7) is 7.65. The number of hydrogen-bond donors (Lipinski definition) is 0. The van der Waals surface area contributed by atoms with Gasteiger partial charge in [0.15, 0.2) is 11.6 Å². The smallest absolute Gasteiger partial charge is 0.173 e. The van der Waals surface area contributed by atoms with Gasteiger partial charge in [-0.3, -0.25) is 9.59 Å². The molecule has 0 aromatic heterocycles. The molecule has 3 aliphatic rings. The Morgan fingerprint density at radius 1 is 1.00 bits per heavy atom. The quantitative estimate of drug-likeness (QED) is 0.593. The van der Waals surface area contributed by atoms with Gasteiger partial charge in [-0.05, 0) is 25.2 Å². The molecule has 0 bridgehead atoms. The van der Waals surface area contributed by atoms with Gasteiger partial charge in [0.1, 0.15) is 5.78 Å². The summed E-state index contributed by atoms with van der Waals surface area (Å²) in [5, 5.41) is 0. The maximum atomic E-state index is 13.5. The number of fused-ring (bicyclic) bond motifs is 1. The summed E-state index contributed by atoms with van der Waals surface area (Å²) in [4.78, 5) is 26.5. The van der Waals surface area contributed by atoms with Gasteiger partial charge in [-0.25, -0.2) is 0 Å². The van der Waals surface area contributed by atoms with Gasteiger partial charge in [-0.2, -0.15) is 0 Å². The van der Waals surface area contributed by atoms with Gasteiger partial charge in [-0.15, -0.1) is 0 Å². The highest BCUT2D eigenvalue weighted by atomic mass is 16.7. The van der Waals surface area contributed by atoms with Crippen LogP contribution in [0.3, 0.4) is 0 Å². The Balaban J connectivity index is 1.64. The molecule has 1 aromatic rings. The van der Waals surface area contributed by atoms with E-state index in [9.17, 15) is 9.59 Å². The van der Waals surface area contributed by atoms with Gasteiger partial charge in [0.05, 0.1) is 19.1 Å². The van der Waals surface area contributed by atoms with Crippen molar-refractivity contribution in [3.8, 4) is 0 Å². The first-order chi connectivity index (χ1) is 12.3. The summed E-state index contributed by atoms with van der Waals surface area (Å²) in [6.07, 6.45) is 2.91. The van der Waals surface area contributed by atoms with E-state index in [-0.39, 0.29) is 22.9 Å². The normalized spacial score (nSPS) is 35.3. The van der Waals surface area contributed by atoms with Gasteiger partial charge < -0.3 is 9.47 Å². The second kappa shape index (κ2) is 6.00. The van der Waals surface area contributed by atoms with Crippen LogP contribution in [0.15, 0.2) is 30.3 Å². The van der Waals surface area contributed by atoms with Crippen molar-refractivity contribution in [3.63, 3.8) is 0 Å². The van der Waals surface area contributed by atoms with Crippen LogP contribution in [0, 0.1) is 22.7 Å². The number of Topliss-reactive ketones (excluding diaryl/α,β-unsaturated/α-hetero) is 2. The summed E-state index contributed by atoms with van der Waals surface area (Å²) in [5.74, 6) is -0.846. The molecule has 2 aliphatic carbocycles. The van der Waals surface area contributed by atoms with Gasteiger partial charge in [0.2, 0.25) is 0 Å². The molecule has 26 heavy (non-hydrogen) atoms. The third-order valence-electron chi connectivity index (χ3n) is 7.35. The summed E-state index contributed by atoms with van der Waals surface area (Å²) >= 11 is 0. The minimum Gasteiger partial charge on any atom is -0.347 e. The topological polar surface area (TPSA) is 52.6 Å². The first-order valence-electron chi connectivity index (χ1n) is 9.73. The molecule has 3 atom stereocenters. The highest BCUT2D eigenvalue weighted by molar-refractivity contribution is 6.12. The fourth-order valence-corrected chi connectivity index (χ4v) is 5.84. The molecule has 4 heteroatoms. The number of benzene rings is 1. The number of rotatable bonds is 2. The number of carbonyl (C=O) groups excluding carboxylic acids is 2. The average molecular weight is 356 g/mol. The van der Waals surface area contributed by atoms with E-state index in [1.54, 1.807) is 0 Å². The fraction of sp³-hybridized carbons (Fsp3) is 0.636. The molecule has 1 spiro atoms. The predicted octanol–water partition coefficient (Wildman–Crippen LogP) is 4.03. The van der Waals surface area contributed by atoms with Crippen molar-refractivity contribution in [3.05, 3.63) is 35.9 Å². The van der Waals surface area contributed by atoms with E-state index in [4.69, 9.17) is 9.47 Å². The third-order valence-corrected chi connectivity index (χ3v) is 7.35. The number of ketones is 2. The molecule has 1 heterocycles. The minimum atomic E-state index is -0.576. The Bertz CT molecular complexity index is 717. The van der Waals surface area contributed by atoms with Crippen molar-refractivity contribution in [1.29, 1.82) is 0 Å². The zero-order chi connectivity index (χ0) is 18.6. The van der Waals surface area contributed by atoms with E-state index in [0.717, 1.165) is 12.8 Å². The standard InChI is InChI=1S/C22H28O4/c1-20(2)17-10-9-16(18(23)15-7-5-4-6-8-15)19(24)21(17,3)11-12-22(20)25-13-14-26-22/h4-8,16-17H,9-14H2,1-3H3/t16?,17-,21-/m0/s1. The second-order valence-corrected chi connectivity index (χ2v) is 8.87. The van der Waals surface area contributed by atoms with Crippen LogP contribution < -0.4 is 0 Å². The first kappa shape index (κ1) is 17.9.